The molecular formula is C24H31N3O2. The fourth-order valence-corrected chi connectivity index (χ4v) is 4.05. The molecule has 1 saturated heterocycles. The number of esters is 1. The molecule has 154 valence electrons. The molecule has 5 nitrogen and oxygen atoms in total. The number of methoxy groups -OCH3 is 1. The maximum absolute atomic E-state index is 11.7. The smallest absolute Gasteiger partial charge is 0.308 e. The Kier molecular flexibility index (Phi) is 7.68. The van der Waals surface area contributed by atoms with Gasteiger partial charge in [0, 0.05) is 32.6 Å². The van der Waals surface area contributed by atoms with E-state index in [4.69, 9.17) is 4.74 Å². The average molecular weight is 394 g/mol. The standard InChI is InChI=1S/C24H31N3O2/c1-25-24(27-17-14-21(15-18-27)23(28)29-2)26-16-13-22(19-9-5-3-6-10-19)20-11-7-4-8-12-20/h3-12,21-22H,13-18H2,1-2H3,(H,25,26). The second kappa shape index (κ2) is 10.6. The van der Waals surface area contributed by atoms with Gasteiger partial charge in [0.15, 0.2) is 5.96 Å². The molecule has 1 aliphatic heterocycles. The number of guanidine groups is 1. The van der Waals surface area contributed by atoms with Crippen LogP contribution < -0.4 is 5.32 Å². The first-order valence-electron chi connectivity index (χ1n) is 10.4. The number of piperidine rings is 1. The van der Waals surface area contributed by atoms with E-state index < -0.39 is 0 Å². The number of carbonyl (C=O) groups excluding carboxylic acids is 1. The normalized spacial score (nSPS) is 15.4. The second-order valence-corrected chi connectivity index (χ2v) is 7.42. The van der Waals surface area contributed by atoms with E-state index in [1.807, 2.05) is 7.05 Å². The molecule has 0 bridgehead atoms. The van der Waals surface area contributed by atoms with Crippen LogP contribution in [-0.4, -0.2) is 50.6 Å². The Morgan fingerprint density at radius 2 is 1.62 bits per heavy atom. The highest BCUT2D eigenvalue weighted by molar-refractivity contribution is 5.80. The van der Waals surface area contributed by atoms with Crippen LogP contribution in [0.2, 0.25) is 0 Å². The third-order valence-electron chi connectivity index (χ3n) is 5.66. The van der Waals surface area contributed by atoms with Crippen molar-refractivity contribution >= 4 is 11.9 Å². The van der Waals surface area contributed by atoms with Gasteiger partial charge >= 0.3 is 5.97 Å². The lowest BCUT2D eigenvalue weighted by Gasteiger charge is -2.33. The topological polar surface area (TPSA) is 53.9 Å². The number of ether oxygens (including phenoxy) is 1. The SMILES string of the molecule is CN=C(NCCC(c1ccccc1)c1ccccc1)N1CCC(C(=O)OC)CC1. The van der Waals surface area contributed by atoms with Crippen LogP contribution in [0.4, 0.5) is 0 Å². The van der Waals surface area contributed by atoms with E-state index in [2.05, 4.69) is 75.9 Å². The zero-order valence-electron chi connectivity index (χ0n) is 17.4. The Labute approximate surface area is 173 Å². The van der Waals surface area contributed by atoms with Crippen LogP contribution in [0.5, 0.6) is 0 Å². The average Bonchev–Trinajstić information content (AvgIpc) is 2.80. The van der Waals surface area contributed by atoms with Crippen molar-refractivity contribution in [3.05, 3.63) is 71.8 Å². The van der Waals surface area contributed by atoms with Crippen molar-refractivity contribution in [3.8, 4) is 0 Å². The van der Waals surface area contributed by atoms with Gasteiger partial charge in [0.05, 0.1) is 13.0 Å². The number of aliphatic imine (C=N–C) groups is 1. The molecule has 2 aromatic carbocycles. The zero-order valence-corrected chi connectivity index (χ0v) is 17.4. The lowest BCUT2D eigenvalue weighted by molar-refractivity contribution is -0.146. The number of hydrogen-bond donors (Lipinski definition) is 1. The number of rotatable bonds is 6. The molecule has 0 aliphatic carbocycles. The van der Waals surface area contributed by atoms with E-state index in [9.17, 15) is 4.79 Å². The first-order chi connectivity index (χ1) is 14.2. The van der Waals surface area contributed by atoms with Crippen molar-refractivity contribution in [2.75, 3.05) is 33.8 Å². The third kappa shape index (κ3) is 5.59. The van der Waals surface area contributed by atoms with Gasteiger partial charge in [0.1, 0.15) is 0 Å². The third-order valence-corrected chi connectivity index (χ3v) is 5.66. The zero-order chi connectivity index (χ0) is 20.5. The molecule has 5 heteroatoms. The molecule has 0 radical (unpaired) electrons. The number of nitrogens with zero attached hydrogens (tertiary/aromatic N) is 2. The molecule has 0 spiro atoms. The summed E-state index contributed by atoms with van der Waals surface area (Å²) in [6, 6.07) is 21.3. The summed E-state index contributed by atoms with van der Waals surface area (Å²) in [5.74, 6) is 1.16. The summed E-state index contributed by atoms with van der Waals surface area (Å²) in [5.41, 5.74) is 2.66. The highest BCUT2D eigenvalue weighted by atomic mass is 16.5. The summed E-state index contributed by atoms with van der Waals surface area (Å²) < 4.78 is 4.88. The molecular weight excluding hydrogens is 362 g/mol. The molecule has 2 aromatic rings. The predicted molar refractivity (Wildman–Crippen MR) is 117 cm³/mol. The van der Waals surface area contributed by atoms with Gasteiger partial charge in [-0.3, -0.25) is 9.79 Å². The molecule has 0 unspecified atom stereocenters. The van der Waals surface area contributed by atoms with Crippen molar-refractivity contribution < 1.29 is 9.53 Å². The molecule has 29 heavy (non-hydrogen) atoms. The minimum absolute atomic E-state index is 0.00916. The van der Waals surface area contributed by atoms with Crippen LogP contribution in [0, 0.1) is 5.92 Å². The Hall–Kier alpha value is -2.82. The van der Waals surface area contributed by atoms with Crippen molar-refractivity contribution in [1.82, 2.24) is 10.2 Å². The maximum Gasteiger partial charge on any atom is 0.308 e. The van der Waals surface area contributed by atoms with Crippen LogP contribution in [0.25, 0.3) is 0 Å². The predicted octanol–water partition coefficient (Wildman–Crippen LogP) is 3.67. The molecule has 0 aromatic heterocycles. The van der Waals surface area contributed by atoms with Crippen molar-refractivity contribution in [3.63, 3.8) is 0 Å². The number of likely N-dealkylation sites (tertiary alicyclic amines) is 1. The van der Waals surface area contributed by atoms with Crippen LogP contribution in [0.1, 0.15) is 36.3 Å². The molecule has 1 fully saturated rings. The van der Waals surface area contributed by atoms with Gasteiger partial charge in [0.25, 0.3) is 0 Å². The Bertz CT molecular complexity index is 745. The Morgan fingerprint density at radius 3 is 2.10 bits per heavy atom. The van der Waals surface area contributed by atoms with E-state index in [1.54, 1.807) is 0 Å². The maximum atomic E-state index is 11.7. The number of hydrogen-bond acceptors (Lipinski definition) is 3. The van der Waals surface area contributed by atoms with E-state index >= 15 is 0 Å². The van der Waals surface area contributed by atoms with Crippen LogP contribution in [-0.2, 0) is 9.53 Å². The van der Waals surface area contributed by atoms with Gasteiger partial charge < -0.3 is 15.0 Å². The van der Waals surface area contributed by atoms with Crippen LogP contribution >= 0.6 is 0 Å². The summed E-state index contributed by atoms with van der Waals surface area (Å²) >= 11 is 0. The summed E-state index contributed by atoms with van der Waals surface area (Å²) in [6.07, 6.45) is 2.60. The van der Waals surface area contributed by atoms with E-state index in [-0.39, 0.29) is 11.9 Å². The van der Waals surface area contributed by atoms with Gasteiger partial charge in [-0.05, 0) is 30.4 Å². The summed E-state index contributed by atoms with van der Waals surface area (Å²) in [4.78, 5) is 18.4. The fraction of sp³-hybridized carbons (Fsp3) is 0.417. The molecule has 3 rings (SSSR count). The minimum Gasteiger partial charge on any atom is -0.469 e. The van der Waals surface area contributed by atoms with Crippen LogP contribution in [0.15, 0.2) is 65.7 Å². The molecule has 1 aliphatic rings. The number of nitrogens with one attached hydrogen (secondary N) is 1. The van der Waals surface area contributed by atoms with Gasteiger partial charge in [0.2, 0.25) is 0 Å². The molecule has 0 atom stereocenters. The first-order valence-corrected chi connectivity index (χ1v) is 10.4. The fourth-order valence-electron chi connectivity index (χ4n) is 4.05. The number of carbonyl (C=O) groups is 1. The lowest BCUT2D eigenvalue weighted by Crippen LogP contribution is -2.47. The largest absolute Gasteiger partial charge is 0.469 e. The highest BCUT2D eigenvalue weighted by Gasteiger charge is 2.27. The van der Waals surface area contributed by atoms with E-state index in [0.29, 0.717) is 5.92 Å². The highest BCUT2D eigenvalue weighted by Crippen LogP contribution is 2.27. The summed E-state index contributed by atoms with van der Waals surface area (Å²) in [7, 11) is 3.28. The molecule has 1 N–H and O–H groups in total. The number of benzene rings is 2. The van der Waals surface area contributed by atoms with E-state index in [1.165, 1.54) is 18.2 Å². The minimum atomic E-state index is -0.0961. The Morgan fingerprint density at radius 1 is 1.07 bits per heavy atom. The molecule has 1 heterocycles. The van der Waals surface area contributed by atoms with Crippen molar-refractivity contribution in [1.29, 1.82) is 0 Å². The summed E-state index contributed by atoms with van der Waals surface area (Å²) in [6.45, 7) is 2.47. The lowest BCUT2D eigenvalue weighted by atomic mass is 9.88. The van der Waals surface area contributed by atoms with Crippen molar-refractivity contribution in [2.24, 2.45) is 10.9 Å². The molecule has 0 amide bonds. The second-order valence-electron chi connectivity index (χ2n) is 7.42. The monoisotopic (exact) mass is 393 g/mol. The van der Waals surface area contributed by atoms with Gasteiger partial charge in [-0.15, -0.1) is 0 Å². The van der Waals surface area contributed by atoms with Gasteiger partial charge in [-0.1, -0.05) is 60.7 Å². The summed E-state index contributed by atoms with van der Waals surface area (Å²) in [5, 5.41) is 3.53. The molecule has 0 saturated carbocycles. The van der Waals surface area contributed by atoms with Crippen LogP contribution in [0.3, 0.4) is 0 Å². The Balaban J connectivity index is 1.58. The van der Waals surface area contributed by atoms with Gasteiger partial charge in [-0.25, -0.2) is 0 Å². The van der Waals surface area contributed by atoms with Gasteiger partial charge in [-0.2, -0.15) is 0 Å². The first kappa shape index (κ1) is 20.9. The quantitative estimate of drug-likeness (QED) is 0.462. The van der Waals surface area contributed by atoms with E-state index in [0.717, 1.165) is 44.9 Å². The van der Waals surface area contributed by atoms with Crippen molar-refractivity contribution in [2.45, 2.75) is 25.2 Å².